The van der Waals surface area contributed by atoms with Gasteiger partial charge >= 0.3 is 11.8 Å². The summed E-state index contributed by atoms with van der Waals surface area (Å²) < 4.78 is 5.83. The first-order chi connectivity index (χ1) is 14.1. The Morgan fingerprint density at radius 2 is 2.00 bits per heavy atom. The second kappa shape index (κ2) is 10.0. The average Bonchev–Trinajstić information content (AvgIpc) is 2.74. The molecule has 2 amide bonds. The third kappa shape index (κ3) is 5.78. The van der Waals surface area contributed by atoms with Crippen LogP contribution in [0.1, 0.15) is 17.2 Å². The smallest absolute Gasteiger partial charge is 0.313 e. The molecule has 3 rings (SSSR count). The lowest BCUT2D eigenvalue weighted by atomic mass is 10.1. The van der Waals surface area contributed by atoms with Gasteiger partial charge in [-0.1, -0.05) is 41.9 Å². The summed E-state index contributed by atoms with van der Waals surface area (Å²) >= 11 is 5.89. The van der Waals surface area contributed by atoms with Crippen molar-refractivity contribution in [2.24, 2.45) is 0 Å². The van der Waals surface area contributed by atoms with Crippen molar-refractivity contribution in [2.45, 2.75) is 6.10 Å². The largest absolute Gasteiger partial charge is 0.371 e. The van der Waals surface area contributed by atoms with Crippen LogP contribution in [0.2, 0.25) is 5.02 Å². The highest BCUT2D eigenvalue weighted by Crippen LogP contribution is 2.22. The van der Waals surface area contributed by atoms with E-state index < -0.39 is 11.8 Å². The number of ether oxygens (including phenoxy) is 1. The number of benzene rings is 2. The van der Waals surface area contributed by atoms with Crippen LogP contribution in [0.3, 0.4) is 0 Å². The minimum absolute atomic E-state index is 0.00354. The highest BCUT2D eigenvalue weighted by molar-refractivity contribution is 6.40. The Hall–Kier alpha value is -2.92. The van der Waals surface area contributed by atoms with E-state index in [1.54, 1.807) is 6.07 Å². The molecule has 1 saturated heterocycles. The van der Waals surface area contributed by atoms with Gasteiger partial charge in [0.05, 0.1) is 24.0 Å². The van der Waals surface area contributed by atoms with E-state index in [4.69, 9.17) is 21.6 Å². The molecule has 0 radical (unpaired) electrons. The van der Waals surface area contributed by atoms with Gasteiger partial charge < -0.3 is 15.4 Å². The van der Waals surface area contributed by atoms with E-state index in [1.807, 2.05) is 36.4 Å². The SMILES string of the molecule is N#Cc1ccc(Cl)cc1NC(=O)C(=O)NCCN1CCO[C@@H](c2ccccc2)C1. The van der Waals surface area contributed by atoms with E-state index in [1.165, 1.54) is 12.1 Å². The Bertz CT molecular complexity index is 914. The minimum atomic E-state index is -0.840. The molecule has 0 bridgehead atoms. The van der Waals surface area contributed by atoms with Crippen molar-refractivity contribution in [3.63, 3.8) is 0 Å². The second-order valence-electron chi connectivity index (χ2n) is 6.58. The van der Waals surface area contributed by atoms with Gasteiger partial charge in [0, 0.05) is 31.2 Å². The lowest BCUT2D eigenvalue weighted by Crippen LogP contribution is -2.44. The van der Waals surface area contributed by atoms with Gasteiger partial charge in [0.2, 0.25) is 0 Å². The van der Waals surface area contributed by atoms with Crippen LogP contribution in [0.4, 0.5) is 5.69 Å². The van der Waals surface area contributed by atoms with E-state index in [-0.39, 0.29) is 17.4 Å². The van der Waals surface area contributed by atoms with Gasteiger partial charge in [-0.05, 0) is 23.8 Å². The zero-order chi connectivity index (χ0) is 20.6. The van der Waals surface area contributed by atoms with Crippen LogP contribution in [-0.2, 0) is 14.3 Å². The number of anilines is 1. The summed E-state index contributed by atoms with van der Waals surface area (Å²) in [5.41, 5.74) is 1.56. The van der Waals surface area contributed by atoms with Crippen LogP contribution >= 0.6 is 11.6 Å². The number of nitriles is 1. The number of morpholine rings is 1. The van der Waals surface area contributed by atoms with Gasteiger partial charge in [0.15, 0.2) is 0 Å². The van der Waals surface area contributed by atoms with E-state index in [0.717, 1.165) is 18.7 Å². The first-order valence-electron chi connectivity index (χ1n) is 9.24. The number of nitrogens with one attached hydrogen (secondary N) is 2. The molecule has 8 heteroatoms. The molecule has 0 aliphatic carbocycles. The Morgan fingerprint density at radius 3 is 2.76 bits per heavy atom. The molecular formula is C21H21ClN4O3. The average molecular weight is 413 g/mol. The van der Waals surface area contributed by atoms with Crippen molar-refractivity contribution in [1.29, 1.82) is 5.26 Å². The molecule has 0 aromatic heterocycles. The maximum absolute atomic E-state index is 12.1. The van der Waals surface area contributed by atoms with E-state index >= 15 is 0 Å². The van der Waals surface area contributed by atoms with Crippen LogP contribution in [0, 0.1) is 11.3 Å². The van der Waals surface area contributed by atoms with Crippen molar-refractivity contribution in [3.05, 3.63) is 64.7 Å². The molecule has 1 aliphatic heterocycles. The molecule has 0 saturated carbocycles. The summed E-state index contributed by atoms with van der Waals surface area (Å²) in [6, 6.07) is 16.4. The van der Waals surface area contributed by atoms with E-state index in [9.17, 15) is 9.59 Å². The fourth-order valence-electron chi connectivity index (χ4n) is 3.08. The molecule has 29 heavy (non-hydrogen) atoms. The number of halogens is 1. The lowest BCUT2D eigenvalue weighted by Gasteiger charge is -2.33. The highest BCUT2D eigenvalue weighted by atomic mass is 35.5. The maximum Gasteiger partial charge on any atom is 0.313 e. The van der Waals surface area contributed by atoms with Crippen LogP contribution in [0.15, 0.2) is 48.5 Å². The molecule has 1 fully saturated rings. The van der Waals surface area contributed by atoms with Gasteiger partial charge in [0.25, 0.3) is 0 Å². The molecule has 0 unspecified atom stereocenters. The number of rotatable bonds is 5. The summed E-state index contributed by atoms with van der Waals surface area (Å²) in [5.74, 6) is -1.60. The summed E-state index contributed by atoms with van der Waals surface area (Å²) in [6.45, 7) is 3.03. The lowest BCUT2D eigenvalue weighted by molar-refractivity contribution is -0.136. The summed E-state index contributed by atoms with van der Waals surface area (Å²) in [5, 5.41) is 14.5. The Morgan fingerprint density at radius 1 is 1.21 bits per heavy atom. The molecule has 1 aliphatic rings. The van der Waals surface area contributed by atoms with Crippen LogP contribution in [0.25, 0.3) is 0 Å². The summed E-state index contributed by atoms with van der Waals surface area (Å²) in [6.07, 6.45) is -0.00354. The van der Waals surface area contributed by atoms with Gasteiger partial charge in [0.1, 0.15) is 6.07 Å². The molecule has 150 valence electrons. The van der Waals surface area contributed by atoms with Crippen LogP contribution in [-0.4, -0.2) is 49.5 Å². The van der Waals surface area contributed by atoms with Crippen LogP contribution < -0.4 is 10.6 Å². The number of amides is 2. The molecule has 1 atom stereocenters. The minimum Gasteiger partial charge on any atom is -0.371 e. The molecule has 0 spiro atoms. The first-order valence-corrected chi connectivity index (χ1v) is 9.62. The molecule has 1 heterocycles. The fraction of sp³-hybridized carbons (Fsp3) is 0.286. The van der Waals surface area contributed by atoms with Crippen molar-refractivity contribution in [3.8, 4) is 6.07 Å². The highest BCUT2D eigenvalue weighted by Gasteiger charge is 2.22. The zero-order valence-electron chi connectivity index (χ0n) is 15.7. The Balaban J connectivity index is 1.46. The van der Waals surface area contributed by atoms with Crippen molar-refractivity contribution < 1.29 is 14.3 Å². The molecule has 2 N–H and O–H groups in total. The van der Waals surface area contributed by atoms with Crippen LogP contribution in [0.5, 0.6) is 0 Å². The number of hydrogen-bond acceptors (Lipinski definition) is 5. The normalized spacial score (nSPS) is 16.6. The second-order valence-corrected chi connectivity index (χ2v) is 7.02. The zero-order valence-corrected chi connectivity index (χ0v) is 16.5. The molecule has 7 nitrogen and oxygen atoms in total. The third-order valence-electron chi connectivity index (χ3n) is 4.59. The Labute approximate surface area is 174 Å². The predicted molar refractivity (Wildman–Crippen MR) is 109 cm³/mol. The maximum atomic E-state index is 12.1. The number of nitrogens with zero attached hydrogens (tertiary/aromatic N) is 2. The third-order valence-corrected chi connectivity index (χ3v) is 4.83. The number of carbonyl (C=O) groups excluding carboxylic acids is 2. The molecule has 2 aromatic rings. The molecule has 2 aromatic carbocycles. The topological polar surface area (TPSA) is 94.5 Å². The predicted octanol–water partition coefficient (Wildman–Crippen LogP) is 2.34. The van der Waals surface area contributed by atoms with Gasteiger partial charge in [-0.25, -0.2) is 0 Å². The standard InChI is InChI=1S/C21H21ClN4O3/c22-17-7-6-16(13-23)18(12-17)25-21(28)20(27)24-8-9-26-10-11-29-19(14-26)15-4-2-1-3-5-15/h1-7,12,19H,8-11,14H2,(H,24,27)(H,25,28)/t19-/m1/s1. The summed E-state index contributed by atoms with van der Waals surface area (Å²) in [7, 11) is 0. The quantitative estimate of drug-likeness (QED) is 0.735. The number of hydrogen-bond donors (Lipinski definition) is 2. The van der Waals surface area contributed by atoms with Crippen molar-refractivity contribution >= 4 is 29.1 Å². The van der Waals surface area contributed by atoms with Gasteiger partial charge in [-0.3, -0.25) is 14.5 Å². The summed E-state index contributed by atoms with van der Waals surface area (Å²) in [4.78, 5) is 26.4. The monoisotopic (exact) mass is 412 g/mol. The van der Waals surface area contributed by atoms with E-state index in [0.29, 0.717) is 24.7 Å². The first kappa shape index (κ1) is 20.8. The Kier molecular flexibility index (Phi) is 7.19. The fourth-order valence-corrected chi connectivity index (χ4v) is 3.25. The molecular weight excluding hydrogens is 392 g/mol. The van der Waals surface area contributed by atoms with Crippen molar-refractivity contribution in [2.75, 3.05) is 38.1 Å². The van der Waals surface area contributed by atoms with E-state index in [2.05, 4.69) is 15.5 Å². The van der Waals surface area contributed by atoms with Crippen molar-refractivity contribution in [1.82, 2.24) is 10.2 Å². The van der Waals surface area contributed by atoms with Gasteiger partial charge in [-0.15, -0.1) is 0 Å². The number of carbonyl (C=O) groups is 2. The van der Waals surface area contributed by atoms with Gasteiger partial charge in [-0.2, -0.15) is 5.26 Å².